The van der Waals surface area contributed by atoms with Crippen LogP contribution in [0, 0.1) is 0 Å². The van der Waals surface area contributed by atoms with Crippen LogP contribution in [0.5, 0.6) is 0 Å². The lowest BCUT2D eigenvalue weighted by molar-refractivity contribution is -0.372. The van der Waals surface area contributed by atoms with Gasteiger partial charge in [0.2, 0.25) is 0 Å². The fourth-order valence-electron chi connectivity index (χ4n) is 1.22. The highest BCUT2D eigenvalue weighted by Crippen LogP contribution is 2.17. The van der Waals surface area contributed by atoms with E-state index in [4.69, 9.17) is 5.11 Å². The van der Waals surface area contributed by atoms with E-state index in [1.807, 2.05) is 37.3 Å². The Morgan fingerprint density at radius 2 is 1.94 bits per heavy atom. The summed E-state index contributed by atoms with van der Waals surface area (Å²) < 4.78 is 0. The van der Waals surface area contributed by atoms with Crippen molar-refractivity contribution in [2.24, 2.45) is 0 Å². The van der Waals surface area contributed by atoms with Gasteiger partial charge in [0, 0.05) is 11.9 Å². The fourth-order valence-corrected chi connectivity index (χ4v) is 1.22. The van der Waals surface area contributed by atoms with Gasteiger partial charge in [-0.15, -0.1) is 0 Å². The average Bonchev–Trinajstić information content (AvgIpc) is 2.31. The van der Waals surface area contributed by atoms with Crippen LogP contribution >= 0.6 is 0 Å². The maximum atomic E-state index is 10.6. The van der Waals surface area contributed by atoms with Gasteiger partial charge in [0.15, 0.2) is 0 Å². The summed E-state index contributed by atoms with van der Waals surface area (Å²) in [6, 6.07) is 9.15. The molecule has 0 bridgehead atoms. The highest BCUT2D eigenvalue weighted by Gasteiger charge is 2.08. The molecule has 0 heterocycles. The molecule has 4 heteroatoms. The van der Waals surface area contributed by atoms with Crippen LogP contribution in [-0.4, -0.2) is 24.2 Å². The number of benzene rings is 1. The van der Waals surface area contributed by atoms with Crippen molar-refractivity contribution >= 4 is 5.97 Å². The van der Waals surface area contributed by atoms with Gasteiger partial charge in [-0.3, -0.25) is 0 Å². The third-order valence-electron chi connectivity index (χ3n) is 2.05. The number of aliphatic hydroxyl groups excluding tert-OH is 1. The first kappa shape index (κ1) is 14.6. The molecule has 0 aliphatic heterocycles. The van der Waals surface area contributed by atoms with Crippen molar-refractivity contribution < 1.29 is 20.7 Å². The lowest BCUT2D eigenvalue weighted by atomic mass is 9.97. The molecular formula is C12H19NO3. The molecule has 0 amide bonds. The number of carbonyl (C=O) groups is 1. The molecule has 16 heavy (non-hydrogen) atoms. The Balaban J connectivity index is 0.000000487. The maximum absolute atomic E-state index is 10.6. The van der Waals surface area contributed by atoms with Crippen molar-refractivity contribution in [2.75, 3.05) is 13.2 Å². The van der Waals surface area contributed by atoms with Crippen molar-refractivity contribution in [3.05, 3.63) is 35.9 Å². The molecule has 0 radical (unpaired) electrons. The Bertz CT molecular complexity index is 286. The first-order valence-corrected chi connectivity index (χ1v) is 5.33. The first-order valence-electron chi connectivity index (χ1n) is 5.33. The van der Waals surface area contributed by atoms with Crippen molar-refractivity contribution in [3.8, 4) is 0 Å². The number of hydrogen-bond donors (Lipinski definition) is 2. The lowest BCUT2D eigenvalue weighted by Gasteiger charge is -2.15. The van der Waals surface area contributed by atoms with Crippen LogP contribution in [0.1, 0.15) is 24.8 Å². The zero-order chi connectivity index (χ0) is 12.4. The normalized spacial score (nSPS) is 11.2. The molecule has 0 fully saturated rings. The molecule has 4 N–H and O–H groups in total. The van der Waals surface area contributed by atoms with Crippen LogP contribution in [0.2, 0.25) is 0 Å². The molecule has 1 atom stereocenters. The molecule has 0 aromatic heterocycles. The van der Waals surface area contributed by atoms with Crippen LogP contribution in [0.3, 0.4) is 0 Å². The summed E-state index contributed by atoms with van der Waals surface area (Å²) >= 11 is 0. The van der Waals surface area contributed by atoms with Gasteiger partial charge in [0.25, 0.3) is 0 Å². The smallest absolute Gasteiger partial charge is 0.0974 e. The molecule has 90 valence electrons. The second-order valence-corrected chi connectivity index (χ2v) is 3.27. The standard InChI is InChI=1S/C10H12O2.C2H7NO/c1-2-9(10(11)12)8-6-4-3-5-7-8;3-1-2-4/h3-7,9H,2H2,1H3,(H,11,12);4H,1-3H2. The van der Waals surface area contributed by atoms with E-state index in [9.17, 15) is 9.90 Å². The second kappa shape index (κ2) is 8.88. The van der Waals surface area contributed by atoms with E-state index in [1.165, 1.54) is 0 Å². The van der Waals surface area contributed by atoms with Gasteiger partial charge in [-0.25, -0.2) is 0 Å². The highest BCUT2D eigenvalue weighted by molar-refractivity contribution is 5.73. The molecule has 1 rings (SSSR count). The average molecular weight is 225 g/mol. The molecule has 1 aromatic carbocycles. The monoisotopic (exact) mass is 225 g/mol. The predicted molar refractivity (Wildman–Crippen MR) is 59.3 cm³/mol. The van der Waals surface area contributed by atoms with Gasteiger partial charge in [-0.2, -0.15) is 0 Å². The number of rotatable bonds is 4. The minimum atomic E-state index is -0.997. The van der Waals surface area contributed by atoms with Crippen LogP contribution in [0.15, 0.2) is 30.3 Å². The van der Waals surface area contributed by atoms with Crippen molar-refractivity contribution in [1.82, 2.24) is 0 Å². The fraction of sp³-hybridized carbons (Fsp3) is 0.417. The van der Waals surface area contributed by atoms with Gasteiger partial charge in [0.1, 0.15) is 0 Å². The number of carbonyl (C=O) groups excluding carboxylic acids is 1. The molecule has 4 nitrogen and oxygen atoms in total. The topological polar surface area (TPSA) is 88.0 Å². The largest absolute Gasteiger partial charge is 0.549 e. The van der Waals surface area contributed by atoms with Gasteiger partial charge in [0.05, 0.1) is 13.2 Å². The molecule has 0 aliphatic carbocycles. The SMILES string of the molecule is CCC(C(=O)[O-])c1ccccc1.[NH3+]CCO. The summed E-state index contributed by atoms with van der Waals surface area (Å²) in [4.78, 5) is 10.6. The van der Waals surface area contributed by atoms with E-state index in [0.29, 0.717) is 13.0 Å². The van der Waals surface area contributed by atoms with Crippen molar-refractivity contribution in [3.63, 3.8) is 0 Å². The molecule has 0 spiro atoms. The zero-order valence-corrected chi connectivity index (χ0v) is 9.56. The zero-order valence-electron chi connectivity index (χ0n) is 9.56. The molecule has 1 aromatic rings. The second-order valence-electron chi connectivity index (χ2n) is 3.27. The third kappa shape index (κ3) is 5.48. The summed E-state index contributed by atoms with van der Waals surface area (Å²) in [6.45, 7) is 2.67. The van der Waals surface area contributed by atoms with Crippen LogP contribution in [0.4, 0.5) is 0 Å². The van der Waals surface area contributed by atoms with Gasteiger partial charge < -0.3 is 20.7 Å². The minimum Gasteiger partial charge on any atom is -0.549 e. The van der Waals surface area contributed by atoms with E-state index >= 15 is 0 Å². The van der Waals surface area contributed by atoms with Gasteiger partial charge >= 0.3 is 0 Å². The van der Waals surface area contributed by atoms with Gasteiger partial charge in [-0.1, -0.05) is 37.3 Å². The summed E-state index contributed by atoms with van der Waals surface area (Å²) in [5.41, 5.74) is 4.17. The van der Waals surface area contributed by atoms with Gasteiger partial charge in [-0.05, 0) is 12.0 Å². The van der Waals surface area contributed by atoms with E-state index in [1.54, 1.807) is 0 Å². The number of quaternary nitrogens is 1. The van der Waals surface area contributed by atoms with Crippen molar-refractivity contribution in [2.45, 2.75) is 19.3 Å². The minimum absolute atomic E-state index is 0.208. The molecule has 0 aliphatic rings. The molecule has 0 saturated heterocycles. The predicted octanol–water partition coefficient (Wildman–Crippen LogP) is -0.849. The van der Waals surface area contributed by atoms with E-state index in [2.05, 4.69) is 5.73 Å². The molecule has 0 saturated carbocycles. The van der Waals surface area contributed by atoms with E-state index < -0.39 is 11.9 Å². The lowest BCUT2D eigenvalue weighted by Crippen LogP contribution is -2.51. The summed E-state index contributed by atoms with van der Waals surface area (Å²) in [7, 11) is 0. The van der Waals surface area contributed by atoms with Crippen LogP contribution in [-0.2, 0) is 4.79 Å². The molecule has 1 unspecified atom stereocenters. The highest BCUT2D eigenvalue weighted by atomic mass is 16.4. The number of aliphatic carboxylic acids is 1. The Kier molecular flexibility index (Phi) is 8.11. The summed E-state index contributed by atoms with van der Waals surface area (Å²) in [6.07, 6.45) is 0.576. The number of carboxylic acids is 1. The van der Waals surface area contributed by atoms with Crippen LogP contribution < -0.4 is 10.8 Å². The third-order valence-corrected chi connectivity index (χ3v) is 2.05. The Morgan fingerprint density at radius 3 is 2.25 bits per heavy atom. The summed E-state index contributed by atoms with van der Waals surface area (Å²) in [5, 5.41) is 18.4. The number of aliphatic hydroxyl groups is 1. The van der Waals surface area contributed by atoms with E-state index in [-0.39, 0.29) is 6.61 Å². The Hall–Kier alpha value is -1.39. The number of carboxylic acid groups (broad SMARTS) is 1. The van der Waals surface area contributed by atoms with Crippen LogP contribution in [0.25, 0.3) is 0 Å². The Labute approximate surface area is 95.7 Å². The number of hydrogen-bond acceptors (Lipinski definition) is 3. The quantitative estimate of drug-likeness (QED) is 0.699. The first-order chi connectivity index (χ1) is 7.67. The summed E-state index contributed by atoms with van der Waals surface area (Å²) in [5.74, 6) is -1.46. The van der Waals surface area contributed by atoms with E-state index in [0.717, 1.165) is 5.56 Å². The molecular weight excluding hydrogens is 206 g/mol. The Morgan fingerprint density at radius 1 is 1.44 bits per heavy atom. The van der Waals surface area contributed by atoms with Crippen molar-refractivity contribution in [1.29, 1.82) is 0 Å². The maximum Gasteiger partial charge on any atom is 0.0974 e.